The summed E-state index contributed by atoms with van der Waals surface area (Å²) in [5.74, 6) is 0. The van der Waals surface area contributed by atoms with Gasteiger partial charge >= 0.3 is 0 Å². The quantitative estimate of drug-likeness (QED) is 0.642. The summed E-state index contributed by atoms with van der Waals surface area (Å²) in [6.07, 6.45) is -2.11. The number of nitrogen functional groups attached to an aromatic ring is 1. The standard InChI is InChI=1S/C12H18N2O4S/c1-7-3-9(13)12(4-8(7)2)19(17,18)14-5-10(15)11(16)6-14/h3-4,10-11,15-16H,5-6,13H2,1-2H3/t10-,11+. The van der Waals surface area contributed by atoms with E-state index in [-0.39, 0.29) is 23.7 Å². The van der Waals surface area contributed by atoms with Crippen LogP contribution in [-0.2, 0) is 10.0 Å². The lowest BCUT2D eigenvalue weighted by molar-refractivity contribution is 0.0572. The van der Waals surface area contributed by atoms with Crippen molar-refractivity contribution in [3.63, 3.8) is 0 Å². The smallest absolute Gasteiger partial charge is 0.245 e. The van der Waals surface area contributed by atoms with E-state index < -0.39 is 22.2 Å². The Balaban J connectivity index is 2.43. The number of rotatable bonds is 2. The average Bonchev–Trinajstić information content (AvgIpc) is 2.65. The first kappa shape index (κ1) is 14.3. The fourth-order valence-corrected chi connectivity index (χ4v) is 3.76. The lowest BCUT2D eigenvalue weighted by atomic mass is 10.1. The first-order chi connectivity index (χ1) is 8.73. The van der Waals surface area contributed by atoms with Crippen LogP contribution in [-0.4, -0.2) is 48.2 Å². The minimum absolute atomic E-state index is 0.0249. The van der Waals surface area contributed by atoms with Crippen molar-refractivity contribution in [1.29, 1.82) is 0 Å². The van der Waals surface area contributed by atoms with Gasteiger partial charge < -0.3 is 15.9 Å². The summed E-state index contributed by atoms with van der Waals surface area (Å²) in [5, 5.41) is 18.9. The molecule has 2 atom stereocenters. The molecule has 106 valence electrons. The molecule has 19 heavy (non-hydrogen) atoms. The molecule has 0 saturated carbocycles. The molecule has 4 N–H and O–H groups in total. The zero-order chi connectivity index (χ0) is 14.4. The lowest BCUT2D eigenvalue weighted by Crippen LogP contribution is -2.30. The molecule has 1 aromatic rings. The molecule has 1 aliphatic heterocycles. The number of anilines is 1. The second-order valence-corrected chi connectivity index (χ2v) is 6.84. The molecule has 0 amide bonds. The van der Waals surface area contributed by atoms with Crippen molar-refractivity contribution in [2.75, 3.05) is 18.8 Å². The van der Waals surface area contributed by atoms with Crippen molar-refractivity contribution in [2.45, 2.75) is 31.0 Å². The molecule has 1 heterocycles. The van der Waals surface area contributed by atoms with E-state index in [1.165, 1.54) is 6.07 Å². The number of nitrogens with two attached hydrogens (primary N) is 1. The third-order valence-electron chi connectivity index (χ3n) is 3.47. The van der Waals surface area contributed by atoms with E-state index in [1.807, 2.05) is 13.8 Å². The highest BCUT2D eigenvalue weighted by Crippen LogP contribution is 2.28. The second-order valence-electron chi connectivity index (χ2n) is 4.93. The molecule has 2 rings (SSSR count). The van der Waals surface area contributed by atoms with Crippen LogP contribution >= 0.6 is 0 Å². The van der Waals surface area contributed by atoms with Gasteiger partial charge in [0.1, 0.15) is 4.90 Å². The maximum Gasteiger partial charge on any atom is 0.245 e. The molecule has 1 aromatic carbocycles. The zero-order valence-corrected chi connectivity index (χ0v) is 11.7. The molecule has 0 unspecified atom stereocenters. The molecule has 1 aliphatic rings. The van der Waals surface area contributed by atoms with E-state index >= 15 is 0 Å². The molecular weight excluding hydrogens is 268 g/mol. The van der Waals surface area contributed by atoms with Crippen LogP contribution in [0.25, 0.3) is 0 Å². The van der Waals surface area contributed by atoms with Gasteiger partial charge in [0.15, 0.2) is 0 Å². The Bertz CT molecular complexity index is 590. The molecule has 0 radical (unpaired) electrons. The van der Waals surface area contributed by atoms with Crippen LogP contribution in [0.1, 0.15) is 11.1 Å². The predicted octanol–water partition coefficient (Wildman–Crippen LogP) is -0.388. The van der Waals surface area contributed by atoms with Crippen molar-refractivity contribution in [1.82, 2.24) is 4.31 Å². The van der Waals surface area contributed by atoms with E-state index in [4.69, 9.17) is 5.73 Å². The van der Waals surface area contributed by atoms with Crippen molar-refractivity contribution in [2.24, 2.45) is 0 Å². The Kier molecular flexibility index (Phi) is 3.57. The summed E-state index contributed by atoms with van der Waals surface area (Å²) in [6.45, 7) is 3.43. The van der Waals surface area contributed by atoms with Gasteiger partial charge in [-0.1, -0.05) is 0 Å². The number of aliphatic hydroxyl groups is 2. The number of hydrogen-bond donors (Lipinski definition) is 3. The zero-order valence-electron chi connectivity index (χ0n) is 10.9. The van der Waals surface area contributed by atoms with Crippen LogP contribution in [0.3, 0.4) is 0 Å². The molecule has 6 nitrogen and oxygen atoms in total. The number of aliphatic hydroxyl groups excluding tert-OH is 2. The monoisotopic (exact) mass is 286 g/mol. The van der Waals surface area contributed by atoms with E-state index in [1.54, 1.807) is 6.07 Å². The molecule has 0 aliphatic carbocycles. The fraction of sp³-hybridized carbons (Fsp3) is 0.500. The Hall–Kier alpha value is -1.15. The van der Waals surface area contributed by atoms with Crippen LogP contribution in [0.15, 0.2) is 17.0 Å². The van der Waals surface area contributed by atoms with Crippen LogP contribution in [0, 0.1) is 13.8 Å². The largest absolute Gasteiger partial charge is 0.398 e. The highest BCUT2D eigenvalue weighted by Gasteiger charge is 2.38. The van der Waals surface area contributed by atoms with Gasteiger partial charge in [-0.3, -0.25) is 0 Å². The number of nitrogens with zero attached hydrogens (tertiary/aromatic N) is 1. The van der Waals surface area contributed by atoms with Gasteiger partial charge in [-0.25, -0.2) is 8.42 Å². The van der Waals surface area contributed by atoms with E-state index in [0.717, 1.165) is 15.4 Å². The highest BCUT2D eigenvalue weighted by atomic mass is 32.2. The first-order valence-electron chi connectivity index (χ1n) is 5.96. The Morgan fingerprint density at radius 3 is 2.16 bits per heavy atom. The fourth-order valence-electron chi connectivity index (χ4n) is 2.11. The second kappa shape index (κ2) is 4.75. The van der Waals surface area contributed by atoms with E-state index in [2.05, 4.69) is 0 Å². The maximum atomic E-state index is 12.4. The van der Waals surface area contributed by atoms with E-state index in [9.17, 15) is 18.6 Å². The molecule has 1 fully saturated rings. The lowest BCUT2D eigenvalue weighted by Gasteiger charge is -2.18. The summed E-state index contributed by atoms with van der Waals surface area (Å²) in [6, 6.07) is 3.14. The van der Waals surface area contributed by atoms with Crippen LogP contribution in [0.5, 0.6) is 0 Å². The molecule has 0 bridgehead atoms. The average molecular weight is 286 g/mol. The van der Waals surface area contributed by atoms with Gasteiger partial charge in [0, 0.05) is 13.1 Å². The minimum Gasteiger partial charge on any atom is -0.398 e. The van der Waals surface area contributed by atoms with Gasteiger partial charge in [-0.15, -0.1) is 0 Å². The summed E-state index contributed by atoms with van der Waals surface area (Å²) in [4.78, 5) is 0.0249. The summed E-state index contributed by atoms with van der Waals surface area (Å²) in [7, 11) is -3.79. The summed E-state index contributed by atoms with van der Waals surface area (Å²) in [5.41, 5.74) is 7.70. The van der Waals surface area contributed by atoms with Crippen molar-refractivity contribution in [3.8, 4) is 0 Å². The van der Waals surface area contributed by atoms with Crippen LogP contribution in [0.4, 0.5) is 5.69 Å². The van der Waals surface area contributed by atoms with Gasteiger partial charge in [0.05, 0.1) is 17.9 Å². The summed E-state index contributed by atoms with van der Waals surface area (Å²) < 4.78 is 25.9. The maximum absolute atomic E-state index is 12.4. The van der Waals surface area contributed by atoms with Crippen molar-refractivity contribution < 1.29 is 18.6 Å². The highest BCUT2D eigenvalue weighted by molar-refractivity contribution is 7.89. The number of hydrogen-bond acceptors (Lipinski definition) is 5. The third kappa shape index (κ3) is 2.46. The van der Waals surface area contributed by atoms with Crippen molar-refractivity contribution in [3.05, 3.63) is 23.3 Å². The van der Waals surface area contributed by atoms with E-state index in [0.29, 0.717) is 0 Å². The molecule has 0 aromatic heterocycles. The normalized spacial score (nSPS) is 24.8. The van der Waals surface area contributed by atoms with Crippen LogP contribution in [0.2, 0.25) is 0 Å². The Morgan fingerprint density at radius 2 is 1.63 bits per heavy atom. The number of aryl methyl sites for hydroxylation is 2. The van der Waals surface area contributed by atoms with Crippen molar-refractivity contribution >= 4 is 15.7 Å². The molecule has 0 spiro atoms. The van der Waals surface area contributed by atoms with Crippen LogP contribution < -0.4 is 5.73 Å². The Labute approximate surface area is 112 Å². The van der Waals surface area contributed by atoms with Gasteiger partial charge in [0.2, 0.25) is 10.0 Å². The molecule has 1 saturated heterocycles. The van der Waals surface area contributed by atoms with Gasteiger partial charge in [-0.2, -0.15) is 4.31 Å². The number of benzene rings is 1. The summed E-state index contributed by atoms with van der Waals surface area (Å²) >= 11 is 0. The van der Waals surface area contributed by atoms with Gasteiger partial charge in [0.25, 0.3) is 0 Å². The predicted molar refractivity (Wildman–Crippen MR) is 71.1 cm³/mol. The first-order valence-corrected chi connectivity index (χ1v) is 7.40. The Morgan fingerprint density at radius 1 is 1.16 bits per heavy atom. The molecular formula is C12H18N2O4S. The number of sulfonamides is 1. The van der Waals surface area contributed by atoms with Gasteiger partial charge in [-0.05, 0) is 37.1 Å². The number of β-amino-alcohol motifs (C(OH)–C–C–N with tert-alkyl or cyclic N) is 2. The third-order valence-corrected chi connectivity index (χ3v) is 5.36. The minimum atomic E-state index is -3.79. The topological polar surface area (TPSA) is 104 Å². The molecule has 7 heteroatoms. The SMILES string of the molecule is Cc1cc(N)c(S(=O)(=O)N2C[C@@H](O)[C@@H](O)C2)cc1C.